The molecule has 2 rings (SSSR count). The number of hydrogen-bond acceptors (Lipinski definition) is 3. The quantitative estimate of drug-likeness (QED) is 0.769. The lowest BCUT2D eigenvalue weighted by Crippen LogP contribution is -2.22. The highest BCUT2D eigenvalue weighted by atomic mass is 16.2. The van der Waals surface area contributed by atoms with Gasteiger partial charge >= 0.3 is 0 Å². The summed E-state index contributed by atoms with van der Waals surface area (Å²) in [5.74, 6) is -0.595. The van der Waals surface area contributed by atoms with Crippen molar-refractivity contribution in [2.75, 3.05) is 5.32 Å². The second-order valence-electron chi connectivity index (χ2n) is 3.54. The molecule has 16 heavy (non-hydrogen) atoms. The average molecular weight is 217 g/mol. The molecule has 0 aliphatic carbocycles. The van der Waals surface area contributed by atoms with Crippen LogP contribution >= 0.6 is 0 Å². The number of carbonyl (C=O) groups is 2. The molecule has 0 spiro atoms. The summed E-state index contributed by atoms with van der Waals surface area (Å²) < 4.78 is 0. The van der Waals surface area contributed by atoms with E-state index in [1.165, 1.54) is 0 Å². The fraction of sp³-hybridized carbons (Fsp3) is 0.182. The first kappa shape index (κ1) is 10.4. The van der Waals surface area contributed by atoms with Gasteiger partial charge < -0.3 is 5.32 Å². The molecule has 5 heteroatoms. The maximum absolute atomic E-state index is 11.7. The van der Waals surface area contributed by atoms with Crippen LogP contribution in [0.4, 0.5) is 5.69 Å². The van der Waals surface area contributed by atoms with Crippen LogP contribution < -0.4 is 10.7 Å². The van der Waals surface area contributed by atoms with E-state index >= 15 is 0 Å². The van der Waals surface area contributed by atoms with Crippen LogP contribution in [0.2, 0.25) is 0 Å². The summed E-state index contributed by atoms with van der Waals surface area (Å²) in [7, 11) is 0. The van der Waals surface area contributed by atoms with Crippen molar-refractivity contribution >= 4 is 23.2 Å². The van der Waals surface area contributed by atoms with Crippen molar-refractivity contribution in [2.24, 2.45) is 5.10 Å². The number of hydrogen-bond donors (Lipinski definition) is 2. The zero-order valence-electron chi connectivity index (χ0n) is 8.78. The van der Waals surface area contributed by atoms with E-state index in [9.17, 15) is 9.59 Å². The molecule has 0 aromatic heterocycles. The van der Waals surface area contributed by atoms with Gasteiger partial charge in [-0.15, -0.1) is 0 Å². The zero-order valence-corrected chi connectivity index (χ0v) is 8.78. The molecule has 5 nitrogen and oxygen atoms in total. The van der Waals surface area contributed by atoms with Crippen molar-refractivity contribution in [3.8, 4) is 0 Å². The summed E-state index contributed by atoms with van der Waals surface area (Å²) in [4.78, 5) is 22.5. The molecule has 1 aliphatic rings. The van der Waals surface area contributed by atoms with Crippen molar-refractivity contribution < 1.29 is 9.59 Å². The van der Waals surface area contributed by atoms with Crippen LogP contribution in [-0.4, -0.2) is 17.5 Å². The number of nitrogens with one attached hydrogen (secondary N) is 2. The van der Waals surface area contributed by atoms with Gasteiger partial charge in [0.25, 0.3) is 5.91 Å². The van der Waals surface area contributed by atoms with Gasteiger partial charge in [0, 0.05) is 5.69 Å². The normalized spacial score (nSPS) is 14.3. The first-order valence-corrected chi connectivity index (χ1v) is 4.89. The predicted octanol–water partition coefficient (Wildman–Crippen LogP) is 0.809. The predicted molar refractivity (Wildman–Crippen MR) is 60.0 cm³/mol. The van der Waals surface area contributed by atoms with Gasteiger partial charge in [-0.05, 0) is 18.6 Å². The SMILES string of the molecule is Cc1ccccc1NC(=O)C1=NNC(=O)C1. The first-order chi connectivity index (χ1) is 7.66. The van der Waals surface area contributed by atoms with Crippen molar-refractivity contribution in [1.82, 2.24) is 5.43 Å². The molecular weight excluding hydrogens is 206 g/mol. The number of aryl methyl sites for hydroxylation is 1. The minimum absolute atomic E-state index is 0.0394. The highest BCUT2D eigenvalue weighted by molar-refractivity contribution is 6.46. The number of para-hydroxylation sites is 1. The van der Waals surface area contributed by atoms with Crippen LogP contribution in [0.5, 0.6) is 0 Å². The second kappa shape index (κ2) is 4.14. The van der Waals surface area contributed by atoms with E-state index in [0.717, 1.165) is 11.3 Å². The number of benzene rings is 1. The third kappa shape index (κ3) is 2.08. The van der Waals surface area contributed by atoms with E-state index in [4.69, 9.17) is 0 Å². The molecule has 82 valence electrons. The summed E-state index contributed by atoms with van der Waals surface area (Å²) in [5, 5.41) is 6.36. The molecule has 0 fully saturated rings. The van der Waals surface area contributed by atoms with Gasteiger partial charge in [-0.25, -0.2) is 5.43 Å². The largest absolute Gasteiger partial charge is 0.321 e. The number of amides is 2. The molecule has 2 N–H and O–H groups in total. The summed E-state index contributed by atoms with van der Waals surface area (Å²) in [6, 6.07) is 7.43. The molecular formula is C11H11N3O2. The van der Waals surface area contributed by atoms with Crippen molar-refractivity contribution in [3.63, 3.8) is 0 Å². The highest BCUT2D eigenvalue weighted by Crippen LogP contribution is 2.13. The Morgan fingerprint density at radius 2 is 2.19 bits per heavy atom. The van der Waals surface area contributed by atoms with Gasteiger partial charge in [-0.1, -0.05) is 18.2 Å². The Morgan fingerprint density at radius 3 is 2.81 bits per heavy atom. The van der Waals surface area contributed by atoms with Gasteiger partial charge in [-0.2, -0.15) is 5.10 Å². The summed E-state index contributed by atoms with van der Waals surface area (Å²) >= 11 is 0. The van der Waals surface area contributed by atoms with E-state index in [0.29, 0.717) is 0 Å². The zero-order chi connectivity index (χ0) is 11.5. The number of carbonyl (C=O) groups excluding carboxylic acids is 2. The van der Waals surface area contributed by atoms with Crippen LogP contribution in [0.1, 0.15) is 12.0 Å². The summed E-state index contributed by atoms with van der Waals surface area (Å²) in [6.45, 7) is 1.90. The molecule has 2 amide bonds. The van der Waals surface area contributed by atoms with Gasteiger partial charge in [-0.3, -0.25) is 9.59 Å². The Labute approximate surface area is 92.5 Å². The lowest BCUT2D eigenvalue weighted by molar-refractivity contribution is -0.119. The van der Waals surface area contributed by atoms with Crippen molar-refractivity contribution in [1.29, 1.82) is 0 Å². The smallest absolute Gasteiger partial charge is 0.272 e. The third-order valence-corrected chi connectivity index (χ3v) is 2.30. The Balaban J connectivity index is 2.09. The fourth-order valence-corrected chi connectivity index (χ4v) is 1.40. The summed E-state index contributed by atoms with van der Waals surface area (Å²) in [6.07, 6.45) is 0.0394. The minimum atomic E-state index is -0.340. The number of rotatable bonds is 2. The number of anilines is 1. The molecule has 0 radical (unpaired) electrons. The van der Waals surface area contributed by atoms with Gasteiger partial charge in [0.1, 0.15) is 5.71 Å². The standard InChI is InChI=1S/C11H11N3O2/c1-7-4-2-3-5-8(7)12-11(16)9-6-10(15)14-13-9/h2-5H,6H2,1H3,(H,12,16)(H,14,15). The van der Waals surface area contributed by atoms with E-state index in [2.05, 4.69) is 15.8 Å². The lowest BCUT2D eigenvalue weighted by Gasteiger charge is -2.06. The average Bonchev–Trinajstić information content (AvgIpc) is 2.68. The molecule has 0 atom stereocenters. The molecule has 1 aromatic rings. The molecule has 0 bridgehead atoms. The van der Waals surface area contributed by atoms with E-state index in [1.807, 2.05) is 25.1 Å². The van der Waals surface area contributed by atoms with Crippen LogP contribution in [-0.2, 0) is 9.59 Å². The number of nitrogens with zero attached hydrogens (tertiary/aromatic N) is 1. The summed E-state index contributed by atoms with van der Waals surface area (Å²) in [5.41, 5.74) is 4.15. The molecule has 0 saturated carbocycles. The van der Waals surface area contributed by atoms with Crippen LogP contribution in [0.3, 0.4) is 0 Å². The molecule has 1 aliphatic heterocycles. The van der Waals surface area contributed by atoms with E-state index in [-0.39, 0.29) is 23.9 Å². The number of hydrazone groups is 1. The van der Waals surface area contributed by atoms with E-state index < -0.39 is 0 Å². The van der Waals surface area contributed by atoms with Crippen LogP contribution in [0, 0.1) is 6.92 Å². The fourth-order valence-electron chi connectivity index (χ4n) is 1.40. The Hall–Kier alpha value is -2.17. The molecule has 0 unspecified atom stereocenters. The minimum Gasteiger partial charge on any atom is -0.321 e. The molecule has 1 aromatic carbocycles. The monoisotopic (exact) mass is 217 g/mol. The Bertz CT molecular complexity index is 480. The second-order valence-corrected chi connectivity index (χ2v) is 3.54. The maximum atomic E-state index is 11.7. The van der Waals surface area contributed by atoms with Gasteiger partial charge in [0.15, 0.2) is 0 Å². The highest BCUT2D eigenvalue weighted by Gasteiger charge is 2.21. The maximum Gasteiger partial charge on any atom is 0.272 e. The Kier molecular flexibility index (Phi) is 2.68. The third-order valence-electron chi connectivity index (χ3n) is 2.30. The van der Waals surface area contributed by atoms with Crippen LogP contribution in [0.25, 0.3) is 0 Å². The molecule has 1 heterocycles. The van der Waals surface area contributed by atoms with Crippen molar-refractivity contribution in [3.05, 3.63) is 29.8 Å². The Morgan fingerprint density at radius 1 is 1.44 bits per heavy atom. The van der Waals surface area contributed by atoms with Gasteiger partial charge in [0.2, 0.25) is 5.91 Å². The van der Waals surface area contributed by atoms with Crippen LogP contribution in [0.15, 0.2) is 29.4 Å². The molecule has 0 saturated heterocycles. The topological polar surface area (TPSA) is 70.6 Å². The van der Waals surface area contributed by atoms with Crippen molar-refractivity contribution in [2.45, 2.75) is 13.3 Å². The van der Waals surface area contributed by atoms with E-state index in [1.54, 1.807) is 6.07 Å². The van der Waals surface area contributed by atoms with Gasteiger partial charge in [0.05, 0.1) is 6.42 Å². The lowest BCUT2D eigenvalue weighted by atomic mass is 10.2. The first-order valence-electron chi connectivity index (χ1n) is 4.89.